The summed E-state index contributed by atoms with van der Waals surface area (Å²) >= 11 is 0. The Bertz CT molecular complexity index is 1160. The third-order valence-corrected chi connectivity index (χ3v) is 4.53. The minimum absolute atomic E-state index is 0.210. The summed E-state index contributed by atoms with van der Waals surface area (Å²) in [5, 5.41) is 30.6. The van der Waals surface area contributed by atoms with Gasteiger partial charge in [0, 0.05) is 0 Å². The molecule has 1 fully saturated rings. The molecule has 0 saturated carbocycles. The molecule has 1 saturated heterocycles. The number of rotatable bonds is 6. The molecular weight excluding hydrogens is 424 g/mol. The first-order valence-corrected chi connectivity index (χ1v) is 9.29. The summed E-state index contributed by atoms with van der Waals surface area (Å²) in [7, 11) is 0.927. The Kier molecular flexibility index (Phi) is 5.90. The lowest BCUT2D eigenvalue weighted by Crippen LogP contribution is -2.60. The van der Waals surface area contributed by atoms with Crippen LogP contribution in [0.4, 0.5) is 0 Å². The molecule has 3 rings (SSSR count). The summed E-state index contributed by atoms with van der Waals surface area (Å²) in [4.78, 5) is 37.5. The molecule has 10 heteroatoms. The quantitative estimate of drug-likeness (QED) is 0.411. The molecule has 0 aliphatic carbocycles. The van der Waals surface area contributed by atoms with Crippen LogP contribution in [0, 0.1) is 0 Å². The van der Waals surface area contributed by atoms with Crippen LogP contribution in [0.1, 0.15) is 31.8 Å². The molecular formula is C22H22O10. The van der Waals surface area contributed by atoms with Gasteiger partial charge in [-0.2, -0.15) is 0 Å². The molecule has 1 aliphatic rings. The van der Waals surface area contributed by atoms with Gasteiger partial charge in [0.1, 0.15) is 24.9 Å². The standard InChI is InChI=1S/C22H22O10/c1-29-19(26)13-9-5-6-10-14(13)20(27)32-22-17(25)15(23)16(24)18(31-22)21(28)30-11-12-7-3-2-4-8-12/h2-10,15-18,22-25H,11H2,1H3/t15-,16-,17+,18-,22-/m0/s1/i5D,6D,9D,10D. The maximum atomic E-state index is 12.9. The van der Waals surface area contributed by atoms with Crippen LogP contribution in [-0.2, 0) is 30.3 Å². The second kappa shape index (κ2) is 10.3. The third kappa shape index (κ3) is 5.11. The van der Waals surface area contributed by atoms with Crippen LogP contribution in [0.15, 0.2) is 54.5 Å². The highest BCUT2D eigenvalue weighted by molar-refractivity contribution is 6.03. The van der Waals surface area contributed by atoms with E-state index in [1.807, 2.05) is 0 Å². The van der Waals surface area contributed by atoms with E-state index >= 15 is 0 Å². The molecule has 10 nitrogen and oxygen atoms in total. The highest BCUT2D eigenvalue weighted by Gasteiger charge is 2.49. The highest BCUT2D eigenvalue weighted by Crippen LogP contribution is 2.25. The fourth-order valence-electron chi connectivity index (χ4n) is 2.84. The van der Waals surface area contributed by atoms with Gasteiger partial charge in [-0.25, -0.2) is 14.4 Å². The van der Waals surface area contributed by atoms with Crippen molar-refractivity contribution < 1.29 is 54.1 Å². The zero-order valence-corrected chi connectivity index (χ0v) is 16.7. The van der Waals surface area contributed by atoms with Crippen LogP contribution in [0.25, 0.3) is 0 Å². The van der Waals surface area contributed by atoms with Gasteiger partial charge < -0.3 is 34.3 Å². The minimum Gasteiger partial charge on any atom is -0.465 e. The predicted molar refractivity (Wildman–Crippen MR) is 106 cm³/mol. The van der Waals surface area contributed by atoms with Crippen molar-refractivity contribution in [1.29, 1.82) is 0 Å². The van der Waals surface area contributed by atoms with Gasteiger partial charge in [0.05, 0.1) is 23.7 Å². The first kappa shape index (κ1) is 18.3. The molecule has 170 valence electrons. The average molecular weight is 450 g/mol. The van der Waals surface area contributed by atoms with Crippen molar-refractivity contribution in [3.8, 4) is 0 Å². The second-order valence-electron chi connectivity index (χ2n) is 6.64. The number of aliphatic hydroxyl groups excluding tert-OH is 3. The van der Waals surface area contributed by atoms with Gasteiger partial charge in [0.25, 0.3) is 0 Å². The van der Waals surface area contributed by atoms with E-state index in [0.717, 1.165) is 7.11 Å². The Balaban J connectivity index is 1.85. The van der Waals surface area contributed by atoms with E-state index in [-0.39, 0.29) is 6.61 Å². The second-order valence-corrected chi connectivity index (χ2v) is 6.64. The maximum absolute atomic E-state index is 12.9. The normalized spacial score (nSPS) is 26.7. The third-order valence-electron chi connectivity index (χ3n) is 4.53. The fourth-order valence-corrected chi connectivity index (χ4v) is 2.84. The predicted octanol–water partition coefficient (Wildman–Crippen LogP) is 0.181. The number of aliphatic hydroxyl groups is 3. The maximum Gasteiger partial charge on any atom is 0.341 e. The highest BCUT2D eigenvalue weighted by atomic mass is 16.7. The molecule has 0 bridgehead atoms. The van der Waals surface area contributed by atoms with Gasteiger partial charge >= 0.3 is 17.9 Å². The Hall–Kier alpha value is -3.31. The Morgan fingerprint density at radius 1 is 0.969 bits per heavy atom. The first-order valence-electron chi connectivity index (χ1n) is 11.3. The van der Waals surface area contributed by atoms with Crippen LogP contribution >= 0.6 is 0 Å². The molecule has 2 aromatic carbocycles. The first-order chi connectivity index (χ1) is 17.0. The lowest BCUT2D eigenvalue weighted by Gasteiger charge is -2.38. The number of ether oxygens (including phenoxy) is 4. The van der Waals surface area contributed by atoms with Crippen LogP contribution in [-0.4, -0.2) is 71.0 Å². The molecule has 1 aliphatic heterocycles. The van der Waals surface area contributed by atoms with Gasteiger partial charge in [-0.15, -0.1) is 0 Å². The van der Waals surface area contributed by atoms with Crippen LogP contribution < -0.4 is 0 Å². The van der Waals surface area contributed by atoms with Gasteiger partial charge in [-0.3, -0.25) is 0 Å². The summed E-state index contributed by atoms with van der Waals surface area (Å²) in [5.74, 6) is -3.96. The van der Waals surface area contributed by atoms with Crippen molar-refractivity contribution in [3.05, 3.63) is 71.2 Å². The van der Waals surface area contributed by atoms with E-state index in [1.165, 1.54) is 0 Å². The summed E-state index contributed by atoms with van der Waals surface area (Å²) in [6, 6.07) is 4.98. The molecule has 0 spiro atoms. The number of hydrogen-bond acceptors (Lipinski definition) is 10. The SMILES string of the molecule is [2H]c1c([2H])c([2H])c(C(=O)O[C@@H]2O[C@H](C(=O)OCc3ccccc3)[C@@H](O)[C@H](O)[C@H]2O)c(C(=O)OC)c1[2H]. The number of esters is 3. The van der Waals surface area contributed by atoms with Crippen molar-refractivity contribution in [2.45, 2.75) is 37.3 Å². The van der Waals surface area contributed by atoms with Gasteiger partial charge in [-0.1, -0.05) is 42.4 Å². The minimum atomic E-state index is -2.09. The summed E-state index contributed by atoms with van der Waals surface area (Å²) in [5.41, 5.74) is -1.15. The number of carbonyl (C=O) groups excluding carboxylic acids is 3. The fraction of sp³-hybridized carbons (Fsp3) is 0.318. The Labute approximate surface area is 188 Å². The van der Waals surface area contributed by atoms with Crippen LogP contribution in [0.2, 0.25) is 0 Å². The monoisotopic (exact) mass is 450 g/mol. The van der Waals surface area contributed by atoms with Crippen molar-refractivity contribution in [2.75, 3.05) is 7.11 Å². The average Bonchev–Trinajstić information content (AvgIpc) is 2.88. The van der Waals surface area contributed by atoms with Crippen molar-refractivity contribution >= 4 is 17.9 Å². The van der Waals surface area contributed by atoms with E-state index in [4.69, 9.17) is 19.7 Å². The lowest BCUT2D eigenvalue weighted by molar-refractivity contribution is -0.280. The number of benzene rings is 2. The molecule has 0 unspecified atom stereocenters. The topological polar surface area (TPSA) is 149 Å². The van der Waals surface area contributed by atoms with Crippen molar-refractivity contribution in [3.63, 3.8) is 0 Å². The molecule has 5 atom stereocenters. The van der Waals surface area contributed by atoms with Gasteiger partial charge in [0.15, 0.2) is 6.10 Å². The smallest absolute Gasteiger partial charge is 0.341 e. The molecule has 2 aromatic rings. The van der Waals surface area contributed by atoms with Crippen LogP contribution in [0.3, 0.4) is 0 Å². The number of methoxy groups -OCH3 is 1. The van der Waals surface area contributed by atoms with Gasteiger partial charge in [0.2, 0.25) is 6.29 Å². The van der Waals surface area contributed by atoms with E-state index in [2.05, 4.69) is 4.74 Å². The summed E-state index contributed by atoms with van der Waals surface area (Å²) < 4.78 is 51.1. The Morgan fingerprint density at radius 3 is 2.22 bits per heavy atom. The zero-order chi connectivity index (χ0) is 26.7. The van der Waals surface area contributed by atoms with Crippen molar-refractivity contribution in [1.82, 2.24) is 0 Å². The van der Waals surface area contributed by atoms with E-state index < -0.39 is 83.9 Å². The zero-order valence-electron chi connectivity index (χ0n) is 20.7. The Morgan fingerprint density at radius 2 is 1.59 bits per heavy atom. The number of hydrogen-bond donors (Lipinski definition) is 3. The van der Waals surface area contributed by atoms with E-state index in [1.54, 1.807) is 30.3 Å². The molecule has 0 amide bonds. The molecule has 0 aromatic heterocycles. The summed E-state index contributed by atoms with van der Waals surface area (Å²) in [6.45, 7) is -0.210. The van der Waals surface area contributed by atoms with Crippen LogP contribution in [0.5, 0.6) is 0 Å². The number of carbonyl (C=O) groups is 3. The lowest BCUT2D eigenvalue weighted by atomic mass is 9.99. The van der Waals surface area contributed by atoms with E-state index in [0.29, 0.717) is 5.56 Å². The molecule has 3 N–H and O–H groups in total. The molecule has 0 radical (unpaired) electrons. The molecule has 32 heavy (non-hydrogen) atoms. The van der Waals surface area contributed by atoms with Crippen molar-refractivity contribution in [2.24, 2.45) is 0 Å². The molecule has 1 heterocycles. The van der Waals surface area contributed by atoms with Gasteiger partial charge in [-0.05, 0) is 17.6 Å². The largest absolute Gasteiger partial charge is 0.465 e. The summed E-state index contributed by atoms with van der Waals surface area (Å²) in [6.07, 6.45) is -10.0. The van der Waals surface area contributed by atoms with E-state index in [9.17, 15) is 29.7 Å².